The third-order valence-corrected chi connectivity index (χ3v) is 4.19. The van der Waals surface area contributed by atoms with E-state index < -0.39 is 5.41 Å². The van der Waals surface area contributed by atoms with Crippen LogP contribution in [-0.4, -0.2) is 12.3 Å². The summed E-state index contributed by atoms with van der Waals surface area (Å²) in [6.07, 6.45) is 1.46. The van der Waals surface area contributed by atoms with E-state index in [4.69, 9.17) is 10.2 Å². The SMILES string of the molecule is CCC(CC)(CN)C(=O)c1cc2cccc(C)c2o1. The number of furan rings is 1. The van der Waals surface area contributed by atoms with Crippen molar-refractivity contribution >= 4 is 16.8 Å². The molecule has 1 aromatic carbocycles. The molecule has 0 radical (unpaired) electrons. The number of nitrogens with two attached hydrogens (primary N) is 1. The van der Waals surface area contributed by atoms with E-state index >= 15 is 0 Å². The summed E-state index contributed by atoms with van der Waals surface area (Å²) in [5, 5.41) is 0.974. The molecule has 0 unspecified atom stereocenters. The van der Waals surface area contributed by atoms with E-state index in [2.05, 4.69) is 0 Å². The average Bonchev–Trinajstić information content (AvgIpc) is 2.86. The quantitative estimate of drug-likeness (QED) is 0.833. The summed E-state index contributed by atoms with van der Waals surface area (Å²) in [7, 11) is 0. The summed E-state index contributed by atoms with van der Waals surface area (Å²) in [4.78, 5) is 12.7. The highest BCUT2D eigenvalue weighted by Gasteiger charge is 2.36. The Kier molecular flexibility index (Phi) is 3.76. The van der Waals surface area contributed by atoms with Crippen molar-refractivity contribution < 1.29 is 9.21 Å². The average molecular weight is 259 g/mol. The second-order valence-corrected chi connectivity index (χ2v) is 5.12. The Hall–Kier alpha value is -1.61. The van der Waals surface area contributed by atoms with Gasteiger partial charge in [-0.05, 0) is 31.4 Å². The van der Waals surface area contributed by atoms with E-state index in [1.165, 1.54) is 0 Å². The molecular formula is C16H21NO2. The Balaban J connectivity index is 2.50. The molecule has 0 atom stereocenters. The molecule has 0 fully saturated rings. The molecule has 2 rings (SSSR count). The number of carbonyl (C=O) groups is 1. The van der Waals surface area contributed by atoms with Gasteiger partial charge in [0.1, 0.15) is 5.58 Å². The minimum atomic E-state index is -0.498. The molecule has 1 heterocycles. The van der Waals surface area contributed by atoms with Gasteiger partial charge >= 0.3 is 0 Å². The zero-order valence-corrected chi connectivity index (χ0v) is 11.8. The van der Waals surface area contributed by atoms with Gasteiger partial charge in [-0.1, -0.05) is 32.0 Å². The molecular weight excluding hydrogens is 238 g/mol. The molecule has 0 aliphatic heterocycles. The molecule has 0 saturated carbocycles. The van der Waals surface area contributed by atoms with E-state index in [1.807, 2.05) is 45.0 Å². The molecule has 3 heteroatoms. The molecule has 102 valence electrons. The van der Waals surface area contributed by atoms with Gasteiger partial charge in [0, 0.05) is 17.3 Å². The van der Waals surface area contributed by atoms with Gasteiger partial charge in [-0.15, -0.1) is 0 Å². The number of rotatable bonds is 5. The maximum Gasteiger partial charge on any atom is 0.205 e. The molecule has 2 aromatic rings. The van der Waals surface area contributed by atoms with Crippen molar-refractivity contribution in [3.8, 4) is 0 Å². The molecule has 3 nitrogen and oxygen atoms in total. The van der Waals surface area contributed by atoms with Gasteiger partial charge in [-0.3, -0.25) is 4.79 Å². The lowest BCUT2D eigenvalue weighted by atomic mass is 9.77. The first kappa shape index (κ1) is 13.8. The van der Waals surface area contributed by atoms with Crippen LogP contribution in [0.1, 0.15) is 42.8 Å². The zero-order valence-electron chi connectivity index (χ0n) is 11.8. The van der Waals surface area contributed by atoms with Gasteiger partial charge in [0.05, 0.1) is 0 Å². The van der Waals surface area contributed by atoms with E-state index in [0.717, 1.165) is 29.4 Å². The maximum absolute atomic E-state index is 12.7. The first-order valence-electron chi connectivity index (χ1n) is 6.82. The normalized spacial score (nSPS) is 12.0. The topological polar surface area (TPSA) is 56.2 Å². The van der Waals surface area contributed by atoms with Crippen molar-refractivity contribution in [3.05, 3.63) is 35.6 Å². The van der Waals surface area contributed by atoms with Crippen molar-refractivity contribution in [2.75, 3.05) is 6.54 Å². The zero-order chi connectivity index (χ0) is 14.0. The number of Topliss-reactive ketones (excluding diaryl/α,β-unsaturated/α-hetero) is 1. The molecule has 1 aromatic heterocycles. The van der Waals surface area contributed by atoms with Crippen molar-refractivity contribution in [1.82, 2.24) is 0 Å². The monoisotopic (exact) mass is 259 g/mol. The number of hydrogen-bond donors (Lipinski definition) is 1. The molecule has 19 heavy (non-hydrogen) atoms. The fourth-order valence-corrected chi connectivity index (χ4v) is 2.53. The second-order valence-electron chi connectivity index (χ2n) is 5.12. The van der Waals surface area contributed by atoms with Gasteiger partial charge in [0.15, 0.2) is 5.76 Å². The predicted molar refractivity (Wildman–Crippen MR) is 77.4 cm³/mol. The number of fused-ring (bicyclic) bond motifs is 1. The lowest BCUT2D eigenvalue weighted by molar-refractivity contribution is 0.0758. The summed E-state index contributed by atoms with van der Waals surface area (Å²) < 4.78 is 5.77. The lowest BCUT2D eigenvalue weighted by Crippen LogP contribution is -2.37. The van der Waals surface area contributed by atoms with Gasteiger partial charge in [0.2, 0.25) is 5.78 Å². The van der Waals surface area contributed by atoms with E-state index in [9.17, 15) is 4.79 Å². The van der Waals surface area contributed by atoms with Crippen molar-refractivity contribution in [2.45, 2.75) is 33.6 Å². The molecule has 0 saturated heterocycles. The van der Waals surface area contributed by atoms with Crippen molar-refractivity contribution in [2.24, 2.45) is 11.1 Å². The minimum absolute atomic E-state index is 0.0237. The van der Waals surface area contributed by atoms with E-state index in [0.29, 0.717) is 12.3 Å². The first-order valence-corrected chi connectivity index (χ1v) is 6.82. The maximum atomic E-state index is 12.7. The van der Waals surface area contributed by atoms with Crippen molar-refractivity contribution in [3.63, 3.8) is 0 Å². The fourth-order valence-electron chi connectivity index (χ4n) is 2.53. The van der Waals surface area contributed by atoms with E-state index in [1.54, 1.807) is 0 Å². The number of ketones is 1. The van der Waals surface area contributed by atoms with Gasteiger partial charge in [0.25, 0.3) is 0 Å². The Morgan fingerprint density at radius 2 is 2.00 bits per heavy atom. The standard InChI is InChI=1S/C16H21NO2/c1-4-16(5-2,10-17)15(18)13-9-12-8-6-7-11(3)14(12)19-13/h6-9H,4-5,10,17H2,1-3H3. The Morgan fingerprint density at radius 1 is 1.32 bits per heavy atom. The van der Waals surface area contributed by atoms with Gasteiger partial charge in [-0.25, -0.2) is 0 Å². The summed E-state index contributed by atoms with van der Waals surface area (Å²) in [5.74, 6) is 0.453. The summed E-state index contributed by atoms with van der Waals surface area (Å²) in [6.45, 7) is 6.34. The number of hydrogen-bond acceptors (Lipinski definition) is 3. The molecule has 0 aliphatic carbocycles. The number of carbonyl (C=O) groups excluding carboxylic acids is 1. The van der Waals surface area contributed by atoms with Crippen LogP contribution < -0.4 is 5.73 Å². The third-order valence-electron chi connectivity index (χ3n) is 4.19. The number of benzene rings is 1. The molecule has 0 amide bonds. The van der Waals surface area contributed by atoms with Crippen LogP contribution in [0.25, 0.3) is 11.0 Å². The Morgan fingerprint density at radius 3 is 2.53 bits per heavy atom. The highest BCUT2D eigenvalue weighted by Crippen LogP contribution is 2.32. The van der Waals surface area contributed by atoms with E-state index in [-0.39, 0.29) is 5.78 Å². The van der Waals surface area contributed by atoms with Crippen LogP contribution in [0.4, 0.5) is 0 Å². The second kappa shape index (κ2) is 5.17. The molecule has 2 N–H and O–H groups in total. The Labute approximate surface area is 113 Å². The number of para-hydroxylation sites is 1. The van der Waals surface area contributed by atoms with Gasteiger partial charge in [-0.2, -0.15) is 0 Å². The van der Waals surface area contributed by atoms with Crippen molar-refractivity contribution in [1.29, 1.82) is 0 Å². The van der Waals surface area contributed by atoms with Crippen LogP contribution in [0.15, 0.2) is 28.7 Å². The highest BCUT2D eigenvalue weighted by atomic mass is 16.3. The summed E-state index contributed by atoms with van der Waals surface area (Å²) in [6, 6.07) is 7.75. The van der Waals surface area contributed by atoms with Crippen LogP contribution in [0, 0.1) is 12.3 Å². The van der Waals surface area contributed by atoms with Gasteiger partial charge < -0.3 is 10.2 Å². The van der Waals surface area contributed by atoms with Crippen LogP contribution in [-0.2, 0) is 0 Å². The molecule has 0 aliphatic rings. The fraction of sp³-hybridized carbons (Fsp3) is 0.438. The van der Waals surface area contributed by atoms with Crippen LogP contribution in [0.3, 0.4) is 0 Å². The minimum Gasteiger partial charge on any atom is -0.453 e. The summed E-state index contributed by atoms with van der Waals surface area (Å²) in [5.41, 5.74) is 7.17. The predicted octanol–water partition coefficient (Wildman–Crippen LogP) is 3.69. The largest absolute Gasteiger partial charge is 0.453 e. The van der Waals surface area contributed by atoms with Crippen LogP contribution in [0.2, 0.25) is 0 Å². The molecule has 0 bridgehead atoms. The van der Waals surface area contributed by atoms with Crippen LogP contribution in [0.5, 0.6) is 0 Å². The smallest absolute Gasteiger partial charge is 0.205 e. The third kappa shape index (κ3) is 2.19. The summed E-state index contributed by atoms with van der Waals surface area (Å²) >= 11 is 0. The lowest BCUT2D eigenvalue weighted by Gasteiger charge is -2.27. The highest BCUT2D eigenvalue weighted by molar-refractivity contribution is 6.01. The molecule has 0 spiro atoms. The van der Waals surface area contributed by atoms with Crippen LogP contribution >= 0.6 is 0 Å². The first-order chi connectivity index (χ1) is 9.07. The Bertz CT molecular complexity index is 586. The number of aryl methyl sites for hydroxylation is 1.